The molecule has 2 amide bonds. The average Bonchev–Trinajstić information content (AvgIpc) is 2.70. The summed E-state index contributed by atoms with van der Waals surface area (Å²) in [6.45, 7) is 0.970. The van der Waals surface area contributed by atoms with E-state index in [0.29, 0.717) is 23.5 Å². The number of carbonyl (C=O) groups excluding carboxylic acids is 2. The van der Waals surface area contributed by atoms with Crippen LogP contribution in [0.1, 0.15) is 22.8 Å². The third kappa shape index (κ3) is 8.12. The quantitative estimate of drug-likeness (QED) is 0.666. The minimum absolute atomic E-state index is 0.0834. The summed E-state index contributed by atoms with van der Waals surface area (Å²) in [5.41, 5.74) is 1.08. The van der Waals surface area contributed by atoms with Gasteiger partial charge in [-0.2, -0.15) is 13.2 Å². The van der Waals surface area contributed by atoms with Crippen LogP contribution < -0.4 is 20.1 Å². The maximum atomic E-state index is 12.1. The van der Waals surface area contributed by atoms with Gasteiger partial charge in [0.15, 0.2) is 6.61 Å². The molecule has 0 aliphatic rings. The van der Waals surface area contributed by atoms with Gasteiger partial charge < -0.3 is 20.1 Å². The molecule has 6 nitrogen and oxygen atoms in total. The second kappa shape index (κ2) is 10.4. The molecule has 0 aromatic heterocycles. The molecule has 0 atom stereocenters. The van der Waals surface area contributed by atoms with E-state index < -0.39 is 24.6 Å². The first-order chi connectivity index (χ1) is 13.8. The summed E-state index contributed by atoms with van der Waals surface area (Å²) >= 11 is 0. The van der Waals surface area contributed by atoms with Crippen molar-refractivity contribution in [3.05, 3.63) is 59.7 Å². The van der Waals surface area contributed by atoms with Crippen molar-refractivity contribution in [2.24, 2.45) is 0 Å². The minimum Gasteiger partial charge on any atom is -0.494 e. The Hall–Kier alpha value is -3.23. The van der Waals surface area contributed by atoms with Crippen LogP contribution in [0.25, 0.3) is 0 Å². The molecule has 156 valence electrons. The van der Waals surface area contributed by atoms with Crippen LogP contribution in [0.15, 0.2) is 48.5 Å². The van der Waals surface area contributed by atoms with Crippen LogP contribution >= 0.6 is 0 Å². The van der Waals surface area contributed by atoms with Crippen LogP contribution in [0, 0.1) is 0 Å². The fourth-order valence-corrected chi connectivity index (χ4v) is 2.26. The Bertz CT molecular complexity index is 806. The summed E-state index contributed by atoms with van der Waals surface area (Å²) in [5, 5.41) is 5.12. The van der Waals surface area contributed by atoms with Crippen LogP contribution in [0.2, 0.25) is 0 Å². The molecule has 0 radical (unpaired) electrons. The summed E-state index contributed by atoms with van der Waals surface area (Å²) in [6, 6.07) is 12.4. The molecular formula is C20H21F3N2O4. The number of hydrogen-bond donors (Lipinski definition) is 2. The molecule has 2 aromatic carbocycles. The molecule has 0 saturated heterocycles. The van der Waals surface area contributed by atoms with Crippen molar-refractivity contribution < 1.29 is 32.2 Å². The number of hydrogen-bond acceptors (Lipinski definition) is 4. The number of ether oxygens (including phenoxy) is 2. The molecule has 0 unspecified atom stereocenters. The van der Waals surface area contributed by atoms with E-state index in [4.69, 9.17) is 4.74 Å². The Kier molecular flexibility index (Phi) is 7.88. The standard InChI is InChI=1S/C20H21F3N2O4/c1-2-28-16-9-5-15(6-10-16)19(27)25-12-18(26)24-11-14-3-7-17(8-4-14)29-13-20(21,22)23/h3-10H,2,11-13H2,1H3,(H,24,26)(H,25,27). The van der Waals surface area contributed by atoms with Crippen molar-refractivity contribution in [2.45, 2.75) is 19.6 Å². The van der Waals surface area contributed by atoms with Gasteiger partial charge >= 0.3 is 6.18 Å². The molecule has 0 aliphatic carbocycles. The molecule has 2 aromatic rings. The van der Waals surface area contributed by atoms with Crippen molar-refractivity contribution in [2.75, 3.05) is 19.8 Å². The highest BCUT2D eigenvalue weighted by Gasteiger charge is 2.28. The van der Waals surface area contributed by atoms with Crippen molar-refractivity contribution in [3.8, 4) is 11.5 Å². The summed E-state index contributed by atoms with van der Waals surface area (Å²) in [5.74, 6) is -0.0623. The maximum absolute atomic E-state index is 12.1. The third-order valence-corrected chi connectivity index (χ3v) is 3.65. The van der Waals surface area contributed by atoms with Crippen LogP contribution in [-0.4, -0.2) is 37.7 Å². The largest absolute Gasteiger partial charge is 0.494 e. The topological polar surface area (TPSA) is 76.7 Å². The highest BCUT2D eigenvalue weighted by molar-refractivity contribution is 5.96. The van der Waals surface area contributed by atoms with Gasteiger partial charge in [0.1, 0.15) is 11.5 Å². The van der Waals surface area contributed by atoms with E-state index >= 15 is 0 Å². The Balaban J connectivity index is 1.73. The van der Waals surface area contributed by atoms with Gasteiger partial charge in [0.2, 0.25) is 5.91 Å². The maximum Gasteiger partial charge on any atom is 0.422 e. The molecule has 0 saturated carbocycles. The predicted molar refractivity (Wildman–Crippen MR) is 99.8 cm³/mol. The number of amides is 2. The van der Waals surface area contributed by atoms with Crippen LogP contribution in [0.4, 0.5) is 13.2 Å². The van der Waals surface area contributed by atoms with Gasteiger partial charge in [-0.1, -0.05) is 12.1 Å². The van der Waals surface area contributed by atoms with Crippen molar-refractivity contribution >= 4 is 11.8 Å². The molecule has 0 fully saturated rings. The average molecular weight is 410 g/mol. The van der Waals surface area contributed by atoms with E-state index in [-0.39, 0.29) is 18.8 Å². The third-order valence-electron chi connectivity index (χ3n) is 3.65. The lowest BCUT2D eigenvalue weighted by molar-refractivity contribution is -0.153. The van der Waals surface area contributed by atoms with Crippen LogP contribution in [0.5, 0.6) is 11.5 Å². The Morgan fingerprint density at radius 3 is 2.07 bits per heavy atom. The van der Waals surface area contributed by atoms with E-state index in [1.54, 1.807) is 36.4 Å². The molecule has 9 heteroatoms. The fourth-order valence-electron chi connectivity index (χ4n) is 2.26. The zero-order valence-corrected chi connectivity index (χ0v) is 15.7. The first-order valence-electron chi connectivity index (χ1n) is 8.83. The molecule has 0 aliphatic heterocycles. The van der Waals surface area contributed by atoms with Gasteiger partial charge in [0.25, 0.3) is 5.91 Å². The molecule has 2 N–H and O–H groups in total. The number of alkyl halides is 3. The van der Waals surface area contributed by atoms with Gasteiger partial charge in [-0.25, -0.2) is 0 Å². The highest BCUT2D eigenvalue weighted by Crippen LogP contribution is 2.18. The second-order valence-electron chi connectivity index (χ2n) is 5.96. The Morgan fingerprint density at radius 2 is 1.48 bits per heavy atom. The molecule has 29 heavy (non-hydrogen) atoms. The van der Waals surface area contributed by atoms with Crippen molar-refractivity contribution in [1.29, 1.82) is 0 Å². The number of benzene rings is 2. The zero-order valence-electron chi connectivity index (χ0n) is 15.7. The predicted octanol–water partition coefficient (Wildman–Crippen LogP) is 3.07. The van der Waals surface area contributed by atoms with Gasteiger partial charge in [-0.05, 0) is 48.9 Å². The second-order valence-corrected chi connectivity index (χ2v) is 5.96. The lowest BCUT2D eigenvalue weighted by Gasteiger charge is -2.10. The molecule has 0 heterocycles. The summed E-state index contributed by atoms with van der Waals surface area (Å²) < 4.78 is 46.2. The summed E-state index contributed by atoms with van der Waals surface area (Å²) in [4.78, 5) is 23.9. The number of halogens is 3. The first kappa shape index (κ1) is 22.1. The van der Waals surface area contributed by atoms with Crippen LogP contribution in [-0.2, 0) is 11.3 Å². The number of carbonyl (C=O) groups is 2. The smallest absolute Gasteiger partial charge is 0.422 e. The SMILES string of the molecule is CCOc1ccc(C(=O)NCC(=O)NCc2ccc(OCC(F)(F)F)cc2)cc1. The van der Waals surface area contributed by atoms with Gasteiger partial charge in [0.05, 0.1) is 13.2 Å². The van der Waals surface area contributed by atoms with E-state index in [0.717, 1.165) is 0 Å². The van der Waals surface area contributed by atoms with Crippen molar-refractivity contribution in [1.82, 2.24) is 10.6 Å². The normalized spacial score (nSPS) is 10.9. The number of rotatable bonds is 9. The monoisotopic (exact) mass is 410 g/mol. The minimum atomic E-state index is -4.40. The van der Waals surface area contributed by atoms with Gasteiger partial charge in [-0.15, -0.1) is 0 Å². The molecular weight excluding hydrogens is 389 g/mol. The fraction of sp³-hybridized carbons (Fsp3) is 0.300. The summed E-state index contributed by atoms with van der Waals surface area (Å²) in [6.07, 6.45) is -4.40. The number of nitrogens with one attached hydrogen (secondary N) is 2. The first-order valence-corrected chi connectivity index (χ1v) is 8.83. The Labute approximate surface area is 166 Å². The Morgan fingerprint density at radius 1 is 0.897 bits per heavy atom. The van der Waals surface area contributed by atoms with Gasteiger partial charge in [0, 0.05) is 12.1 Å². The lowest BCUT2D eigenvalue weighted by Crippen LogP contribution is -2.36. The summed E-state index contributed by atoms with van der Waals surface area (Å²) in [7, 11) is 0. The van der Waals surface area contributed by atoms with Gasteiger partial charge in [-0.3, -0.25) is 9.59 Å². The molecule has 0 spiro atoms. The van der Waals surface area contributed by atoms with E-state index in [9.17, 15) is 22.8 Å². The molecule has 0 bridgehead atoms. The van der Waals surface area contributed by atoms with Crippen molar-refractivity contribution in [3.63, 3.8) is 0 Å². The van der Waals surface area contributed by atoms with E-state index in [1.807, 2.05) is 6.92 Å². The zero-order chi connectivity index (χ0) is 21.3. The van der Waals surface area contributed by atoms with Crippen LogP contribution in [0.3, 0.4) is 0 Å². The van der Waals surface area contributed by atoms with E-state index in [2.05, 4.69) is 15.4 Å². The lowest BCUT2D eigenvalue weighted by atomic mass is 10.2. The van der Waals surface area contributed by atoms with E-state index in [1.165, 1.54) is 12.1 Å². The highest BCUT2D eigenvalue weighted by atomic mass is 19.4. The molecule has 2 rings (SSSR count).